The van der Waals surface area contributed by atoms with E-state index in [0.29, 0.717) is 11.0 Å². The van der Waals surface area contributed by atoms with E-state index in [1.807, 2.05) is 0 Å². The molecule has 5 nitrogen and oxygen atoms in total. The van der Waals surface area contributed by atoms with Crippen LogP contribution in [0.1, 0.15) is 0 Å². The third-order valence-electron chi connectivity index (χ3n) is 1.94. The zero-order chi connectivity index (χ0) is 11.0. The summed E-state index contributed by atoms with van der Waals surface area (Å²) >= 11 is 3.02. The summed E-state index contributed by atoms with van der Waals surface area (Å²) in [5, 5.41) is 19.0. The van der Waals surface area contributed by atoms with Crippen molar-refractivity contribution in [3.05, 3.63) is 44.4 Å². The van der Waals surface area contributed by atoms with Crippen molar-refractivity contribution < 1.29 is 14.9 Å². The predicted molar refractivity (Wildman–Crippen MR) is 56.0 cm³/mol. The van der Waals surface area contributed by atoms with Gasteiger partial charge in [-0.1, -0.05) is 0 Å². The molecule has 0 fully saturated rings. The van der Waals surface area contributed by atoms with Crippen LogP contribution in [0.25, 0.3) is 11.0 Å². The number of quaternary nitrogens is 1. The SMILES string of the molecule is O=c1oc2ccc([NH+]([O-])O)cc2cc1Br. The molecule has 0 aliphatic heterocycles. The fourth-order valence-corrected chi connectivity index (χ4v) is 1.56. The Hall–Kier alpha value is -1.21. The Morgan fingerprint density at radius 2 is 2.13 bits per heavy atom. The van der Waals surface area contributed by atoms with Crippen molar-refractivity contribution in [2.24, 2.45) is 0 Å². The van der Waals surface area contributed by atoms with Crippen LogP contribution in [0.15, 0.2) is 37.9 Å². The van der Waals surface area contributed by atoms with Gasteiger partial charge in [-0.25, -0.2) is 10.0 Å². The lowest BCUT2D eigenvalue weighted by molar-refractivity contribution is -0.991. The van der Waals surface area contributed by atoms with Crippen LogP contribution in [-0.2, 0) is 0 Å². The molecular weight excluding hydrogens is 266 g/mol. The molecule has 2 rings (SSSR count). The first-order chi connectivity index (χ1) is 7.08. The molecule has 0 amide bonds. The zero-order valence-corrected chi connectivity index (χ0v) is 8.95. The highest BCUT2D eigenvalue weighted by molar-refractivity contribution is 9.10. The van der Waals surface area contributed by atoms with Crippen LogP contribution >= 0.6 is 15.9 Å². The third kappa shape index (κ3) is 1.93. The van der Waals surface area contributed by atoms with Crippen molar-refractivity contribution in [1.82, 2.24) is 0 Å². The molecule has 0 spiro atoms. The molecule has 15 heavy (non-hydrogen) atoms. The Labute approximate surface area is 92.2 Å². The number of halogens is 1. The lowest BCUT2D eigenvalue weighted by Crippen LogP contribution is -2.99. The summed E-state index contributed by atoms with van der Waals surface area (Å²) in [5.74, 6) is 0. The number of benzene rings is 1. The van der Waals surface area contributed by atoms with Crippen molar-refractivity contribution >= 4 is 32.6 Å². The maximum Gasteiger partial charge on any atom is 0.350 e. The predicted octanol–water partition coefficient (Wildman–Crippen LogP) is 0.959. The quantitative estimate of drug-likeness (QED) is 0.598. The number of hydrogen-bond donors (Lipinski definition) is 2. The maximum absolute atomic E-state index is 11.1. The van der Waals surface area contributed by atoms with Gasteiger partial charge in [0.1, 0.15) is 10.1 Å². The maximum atomic E-state index is 11.1. The van der Waals surface area contributed by atoms with Crippen LogP contribution in [0.3, 0.4) is 0 Å². The highest BCUT2D eigenvalue weighted by Crippen LogP contribution is 2.18. The second-order valence-electron chi connectivity index (χ2n) is 2.94. The Morgan fingerprint density at radius 1 is 1.40 bits per heavy atom. The van der Waals surface area contributed by atoms with Crippen molar-refractivity contribution in [2.45, 2.75) is 0 Å². The molecular formula is C9H6BrNO4. The fourth-order valence-electron chi connectivity index (χ4n) is 1.23. The van der Waals surface area contributed by atoms with Crippen LogP contribution in [0.4, 0.5) is 5.69 Å². The van der Waals surface area contributed by atoms with Gasteiger partial charge in [-0.2, -0.15) is 5.23 Å². The first kappa shape index (κ1) is 10.3. The van der Waals surface area contributed by atoms with Crippen molar-refractivity contribution in [3.63, 3.8) is 0 Å². The van der Waals surface area contributed by atoms with Crippen LogP contribution < -0.4 is 10.9 Å². The summed E-state index contributed by atoms with van der Waals surface area (Å²) in [4.78, 5) is 11.1. The molecule has 1 atom stereocenters. The number of nitrogens with one attached hydrogen (secondary N) is 1. The van der Waals surface area contributed by atoms with E-state index >= 15 is 0 Å². The fraction of sp³-hybridized carbons (Fsp3) is 0. The summed E-state index contributed by atoms with van der Waals surface area (Å²) in [5.41, 5.74) is 0.0435. The molecule has 0 bridgehead atoms. The third-order valence-corrected chi connectivity index (χ3v) is 2.49. The van der Waals surface area contributed by atoms with E-state index in [2.05, 4.69) is 15.9 Å². The Bertz CT molecular complexity index is 564. The molecule has 1 heterocycles. The van der Waals surface area contributed by atoms with E-state index < -0.39 is 10.9 Å². The molecule has 0 aliphatic carbocycles. The van der Waals surface area contributed by atoms with Gasteiger partial charge in [-0.15, -0.1) is 0 Å². The van der Waals surface area contributed by atoms with E-state index in [-0.39, 0.29) is 10.2 Å². The average Bonchev–Trinajstić information content (AvgIpc) is 2.19. The van der Waals surface area contributed by atoms with Crippen LogP contribution in [0.5, 0.6) is 0 Å². The van der Waals surface area contributed by atoms with Crippen molar-refractivity contribution in [1.29, 1.82) is 0 Å². The van der Waals surface area contributed by atoms with E-state index in [0.717, 1.165) is 0 Å². The molecule has 0 radical (unpaired) electrons. The molecule has 1 unspecified atom stereocenters. The highest BCUT2D eigenvalue weighted by atomic mass is 79.9. The Kier molecular flexibility index (Phi) is 2.57. The van der Waals surface area contributed by atoms with Gasteiger partial charge in [0.05, 0.1) is 0 Å². The van der Waals surface area contributed by atoms with E-state index in [1.54, 1.807) is 0 Å². The minimum Gasteiger partial charge on any atom is -0.595 e. The highest BCUT2D eigenvalue weighted by Gasteiger charge is 2.06. The van der Waals surface area contributed by atoms with Crippen LogP contribution in [-0.4, -0.2) is 5.21 Å². The average molecular weight is 272 g/mol. The van der Waals surface area contributed by atoms with E-state index in [4.69, 9.17) is 9.62 Å². The standard InChI is InChI=1S/C9H6BrNO4/c10-7-4-5-3-6(11(13)14)1-2-8(5)15-9(7)12/h1-4,11,13H. The molecule has 0 saturated heterocycles. The second kappa shape index (κ2) is 3.74. The number of hydrogen-bond acceptors (Lipinski definition) is 4. The molecule has 6 heteroatoms. The van der Waals surface area contributed by atoms with E-state index in [1.165, 1.54) is 24.3 Å². The first-order valence-electron chi connectivity index (χ1n) is 4.04. The normalized spacial score (nSPS) is 13.0. The summed E-state index contributed by atoms with van der Waals surface area (Å²) < 4.78 is 5.21. The molecule has 1 aromatic carbocycles. The lowest BCUT2D eigenvalue weighted by Gasteiger charge is -2.11. The van der Waals surface area contributed by atoms with Crippen LogP contribution in [0, 0.1) is 5.21 Å². The molecule has 0 aliphatic rings. The van der Waals surface area contributed by atoms with Gasteiger partial charge in [0, 0.05) is 17.5 Å². The van der Waals surface area contributed by atoms with Gasteiger partial charge in [0.2, 0.25) is 0 Å². The minimum atomic E-state index is -1.01. The van der Waals surface area contributed by atoms with Crippen molar-refractivity contribution in [2.75, 3.05) is 0 Å². The van der Waals surface area contributed by atoms with E-state index in [9.17, 15) is 10.0 Å². The van der Waals surface area contributed by atoms with Gasteiger partial charge in [0.15, 0.2) is 5.69 Å². The molecule has 2 N–H and O–H groups in total. The smallest absolute Gasteiger partial charge is 0.350 e. The largest absolute Gasteiger partial charge is 0.595 e. The van der Waals surface area contributed by atoms with Gasteiger partial charge < -0.3 is 9.62 Å². The molecule has 1 aromatic heterocycles. The summed E-state index contributed by atoms with van der Waals surface area (Å²) in [6.45, 7) is 0. The first-order valence-corrected chi connectivity index (χ1v) is 4.84. The minimum absolute atomic E-state index is 0.156. The summed E-state index contributed by atoms with van der Waals surface area (Å²) in [6.07, 6.45) is 0. The topological polar surface area (TPSA) is 77.9 Å². The zero-order valence-electron chi connectivity index (χ0n) is 7.36. The number of fused-ring (bicyclic) bond motifs is 1. The monoisotopic (exact) mass is 271 g/mol. The Morgan fingerprint density at radius 3 is 2.80 bits per heavy atom. The second-order valence-corrected chi connectivity index (χ2v) is 3.79. The summed E-state index contributed by atoms with van der Waals surface area (Å²) in [7, 11) is 0. The Balaban J connectivity index is 2.72. The molecule has 0 saturated carbocycles. The molecule has 2 aromatic rings. The van der Waals surface area contributed by atoms with Crippen molar-refractivity contribution in [3.8, 4) is 0 Å². The van der Waals surface area contributed by atoms with Gasteiger partial charge in [-0.05, 0) is 28.1 Å². The summed E-state index contributed by atoms with van der Waals surface area (Å²) in [6, 6.07) is 5.84. The van der Waals surface area contributed by atoms with Crippen LogP contribution in [0.2, 0.25) is 0 Å². The number of rotatable bonds is 1. The van der Waals surface area contributed by atoms with Gasteiger partial charge in [-0.3, -0.25) is 0 Å². The lowest BCUT2D eigenvalue weighted by atomic mass is 10.2. The van der Waals surface area contributed by atoms with Gasteiger partial charge >= 0.3 is 5.63 Å². The molecule has 78 valence electrons. The van der Waals surface area contributed by atoms with Gasteiger partial charge in [0.25, 0.3) is 0 Å².